The monoisotopic (exact) mass is 346 g/mol. The zero-order valence-corrected chi connectivity index (χ0v) is 17.4. The summed E-state index contributed by atoms with van der Waals surface area (Å²) in [4.78, 5) is 0. The Morgan fingerprint density at radius 2 is 0.880 bits per heavy atom. The highest BCUT2D eigenvalue weighted by Gasteiger charge is 2.51. The summed E-state index contributed by atoms with van der Waals surface area (Å²) in [5, 5.41) is 0. The van der Waals surface area contributed by atoms with E-state index in [4.69, 9.17) is 0 Å². The molecular weight excluding hydrogens is 300 g/mol. The Labute approximate surface area is 158 Å². The van der Waals surface area contributed by atoms with E-state index in [1.807, 2.05) is 0 Å². The fraction of sp³-hybridized carbons (Fsp3) is 1.00. The van der Waals surface area contributed by atoms with E-state index in [1.54, 1.807) is 89.9 Å². The Hall–Kier alpha value is 0. The van der Waals surface area contributed by atoms with Crippen LogP contribution in [0, 0.1) is 23.2 Å². The zero-order valence-electron chi connectivity index (χ0n) is 17.4. The van der Waals surface area contributed by atoms with E-state index in [2.05, 4.69) is 6.92 Å². The second-order valence-corrected chi connectivity index (χ2v) is 9.93. The molecule has 0 saturated heterocycles. The van der Waals surface area contributed by atoms with Crippen molar-refractivity contribution >= 4 is 0 Å². The molecule has 0 atom stereocenters. The third-order valence-electron chi connectivity index (χ3n) is 8.56. The molecule has 0 bridgehead atoms. The molecule has 3 saturated carbocycles. The molecule has 0 N–H and O–H groups in total. The van der Waals surface area contributed by atoms with Gasteiger partial charge in [0.2, 0.25) is 0 Å². The molecule has 0 unspecified atom stereocenters. The molecule has 3 rings (SSSR count). The van der Waals surface area contributed by atoms with Gasteiger partial charge in [-0.05, 0) is 68.1 Å². The second-order valence-electron chi connectivity index (χ2n) is 9.93. The van der Waals surface area contributed by atoms with Crippen LogP contribution in [0.2, 0.25) is 0 Å². The average molecular weight is 347 g/mol. The lowest BCUT2D eigenvalue weighted by molar-refractivity contribution is -0.00658. The Morgan fingerprint density at radius 3 is 1.28 bits per heavy atom. The van der Waals surface area contributed by atoms with Gasteiger partial charge in [-0.1, -0.05) is 90.4 Å². The first-order chi connectivity index (χ1) is 12.4. The van der Waals surface area contributed by atoms with E-state index in [0.29, 0.717) is 0 Å². The lowest BCUT2D eigenvalue weighted by atomic mass is 9.55. The van der Waals surface area contributed by atoms with Crippen LogP contribution in [-0.2, 0) is 0 Å². The summed E-state index contributed by atoms with van der Waals surface area (Å²) in [7, 11) is 0. The van der Waals surface area contributed by atoms with E-state index in [0.717, 1.165) is 23.2 Å². The molecule has 0 aliphatic heterocycles. The van der Waals surface area contributed by atoms with Crippen molar-refractivity contribution in [2.45, 2.75) is 135 Å². The van der Waals surface area contributed by atoms with Gasteiger partial charge in [-0.2, -0.15) is 0 Å². The topological polar surface area (TPSA) is 0 Å². The van der Waals surface area contributed by atoms with E-state index < -0.39 is 0 Å². The molecule has 0 spiro atoms. The van der Waals surface area contributed by atoms with Gasteiger partial charge >= 0.3 is 0 Å². The second kappa shape index (κ2) is 10.4. The standard InChI is InChI=1S/C25H46/c1-2-3-4-5-6-7-14-21-25(22-15-8-9-16-22,23-17-10-11-18-23)24-19-12-13-20-24/h22-24H,2-21H2,1H3. The van der Waals surface area contributed by atoms with Crippen LogP contribution in [0.15, 0.2) is 0 Å². The molecule has 3 aliphatic rings. The van der Waals surface area contributed by atoms with Gasteiger partial charge in [-0.25, -0.2) is 0 Å². The van der Waals surface area contributed by atoms with Crippen LogP contribution < -0.4 is 0 Å². The SMILES string of the molecule is CCCCCCCCCC(C1CCCC1)(C1CCCC1)C1CCCC1. The van der Waals surface area contributed by atoms with Crippen molar-refractivity contribution in [1.29, 1.82) is 0 Å². The summed E-state index contributed by atoms with van der Waals surface area (Å²) in [6.45, 7) is 2.33. The molecule has 0 amide bonds. The van der Waals surface area contributed by atoms with Crippen molar-refractivity contribution < 1.29 is 0 Å². The molecule has 0 nitrogen and oxygen atoms in total. The molecule has 0 aromatic carbocycles. The number of rotatable bonds is 11. The number of unbranched alkanes of at least 4 members (excludes halogenated alkanes) is 6. The Kier molecular flexibility index (Phi) is 8.19. The number of hydrogen-bond donors (Lipinski definition) is 0. The quantitative estimate of drug-likeness (QED) is 0.328. The highest BCUT2D eigenvalue weighted by Crippen LogP contribution is 2.60. The van der Waals surface area contributed by atoms with Gasteiger partial charge in [0.1, 0.15) is 0 Å². The summed E-state index contributed by atoms with van der Waals surface area (Å²) in [5.41, 5.74) is 0.785. The first-order valence-electron chi connectivity index (χ1n) is 12.4. The molecule has 0 aromatic rings. The smallest absolute Gasteiger partial charge is 0.0213 e. The molecule has 25 heavy (non-hydrogen) atoms. The van der Waals surface area contributed by atoms with Gasteiger partial charge in [0.15, 0.2) is 0 Å². The van der Waals surface area contributed by atoms with Crippen molar-refractivity contribution in [3.63, 3.8) is 0 Å². The maximum atomic E-state index is 2.33. The van der Waals surface area contributed by atoms with Crippen LogP contribution >= 0.6 is 0 Å². The minimum absolute atomic E-state index is 0.785. The summed E-state index contributed by atoms with van der Waals surface area (Å²) in [6.07, 6.45) is 30.8. The van der Waals surface area contributed by atoms with Crippen LogP contribution in [0.5, 0.6) is 0 Å². The van der Waals surface area contributed by atoms with Crippen LogP contribution in [0.25, 0.3) is 0 Å². The van der Waals surface area contributed by atoms with Crippen LogP contribution in [0.1, 0.15) is 135 Å². The van der Waals surface area contributed by atoms with Crippen molar-refractivity contribution in [1.82, 2.24) is 0 Å². The van der Waals surface area contributed by atoms with Crippen LogP contribution in [-0.4, -0.2) is 0 Å². The molecule has 3 fully saturated rings. The Bertz CT molecular complexity index is 298. The fourth-order valence-corrected chi connectivity index (χ4v) is 7.39. The first-order valence-corrected chi connectivity index (χ1v) is 12.4. The van der Waals surface area contributed by atoms with Crippen LogP contribution in [0.3, 0.4) is 0 Å². The maximum absolute atomic E-state index is 2.33. The summed E-state index contributed by atoms with van der Waals surface area (Å²) in [5.74, 6) is 3.33. The molecule has 0 aromatic heterocycles. The van der Waals surface area contributed by atoms with Crippen molar-refractivity contribution in [2.24, 2.45) is 23.2 Å². The van der Waals surface area contributed by atoms with Gasteiger partial charge in [0, 0.05) is 0 Å². The summed E-state index contributed by atoms with van der Waals surface area (Å²) in [6, 6.07) is 0. The highest BCUT2D eigenvalue weighted by atomic mass is 14.6. The van der Waals surface area contributed by atoms with Gasteiger partial charge in [-0.3, -0.25) is 0 Å². The zero-order chi connectivity index (χ0) is 17.4. The molecule has 0 heterocycles. The lowest BCUT2D eigenvalue weighted by Crippen LogP contribution is -2.42. The third kappa shape index (κ3) is 4.84. The van der Waals surface area contributed by atoms with Gasteiger partial charge in [0.25, 0.3) is 0 Å². The molecule has 0 heteroatoms. The minimum atomic E-state index is 0.785. The van der Waals surface area contributed by atoms with E-state index in [-0.39, 0.29) is 0 Å². The van der Waals surface area contributed by atoms with Crippen molar-refractivity contribution in [3.05, 3.63) is 0 Å². The summed E-state index contributed by atoms with van der Waals surface area (Å²) >= 11 is 0. The minimum Gasteiger partial charge on any atom is -0.0654 e. The van der Waals surface area contributed by atoms with E-state index >= 15 is 0 Å². The Morgan fingerprint density at radius 1 is 0.520 bits per heavy atom. The summed E-state index contributed by atoms with van der Waals surface area (Å²) < 4.78 is 0. The van der Waals surface area contributed by atoms with Crippen molar-refractivity contribution in [3.8, 4) is 0 Å². The Balaban J connectivity index is 1.62. The van der Waals surface area contributed by atoms with Gasteiger partial charge in [-0.15, -0.1) is 0 Å². The largest absolute Gasteiger partial charge is 0.0654 e. The van der Waals surface area contributed by atoms with E-state index in [9.17, 15) is 0 Å². The van der Waals surface area contributed by atoms with Gasteiger partial charge < -0.3 is 0 Å². The fourth-order valence-electron chi connectivity index (χ4n) is 7.39. The predicted octanol–water partition coefficient (Wildman–Crippen LogP) is 8.68. The molecule has 146 valence electrons. The highest BCUT2D eigenvalue weighted by molar-refractivity contribution is 5.00. The predicted molar refractivity (Wildman–Crippen MR) is 111 cm³/mol. The average Bonchev–Trinajstić information content (AvgIpc) is 3.41. The molecular formula is C25H46. The van der Waals surface area contributed by atoms with Gasteiger partial charge in [0.05, 0.1) is 0 Å². The molecule has 0 radical (unpaired) electrons. The van der Waals surface area contributed by atoms with E-state index in [1.165, 1.54) is 38.5 Å². The third-order valence-corrected chi connectivity index (χ3v) is 8.56. The normalized spacial score (nSPS) is 23.9. The molecule has 3 aliphatic carbocycles. The number of hydrogen-bond acceptors (Lipinski definition) is 0. The van der Waals surface area contributed by atoms with Crippen molar-refractivity contribution in [2.75, 3.05) is 0 Å². The first kappa shape index (κ1) is 19.8. The lowest BCUT2D eigenvalue weighted by Gasteiger charge is -2.49. The van der Waals surface area contributed by atoms with Crippen LogP contribution in [0.4, 0.5) is 0 Å². The maximum Gasteiger partial charge on any atom is -0.0213 e.